The zero-order valence-electron chi connectivity index (χ0n) is 15.5. The summed E-state index contributed by atoms with van der Waals surface area (Å²) in [6, 6.07) is 18.4. The fraction of sp³-hybridized carbons (Fsp3) is 0.286. The molecule has 6 nitrogen and oxygen atoms in total. The van der Waals surface area contributed by atoms with E-state index in [1.165, 1.54) is 5.69 Å². The summed E-state index contributed by atoms with van der Waals surface area (Å²) in [5.74, 6) is 1.52. The van der Waals surface area contributed by atoms with Gasteiger partial charge in [-0.2, -0.15) is 5.10 Å². The molecule has 0 radical (unpaired) electrons. The average Bonchev–Trinajstić information content (AvgIpc) is 3.01. The van der Waals surface area contributed by atoms with Crippen molar-refractivity contribution < 1.29 is 4.74 Å². The third kappa shape index (κ3) is 4.00. The number of nitrogens with zero attached hydrogens (tertiary/aromatic N) is 5. The molecular weight excluding hydrogens is 338 g/mol. The van der Waals surface area contributed by atoms with Crippen molar-refractivity contribution in [2.24, 2.45) is 0 Å². The molecule has 138 valence electrons. The smallest absolute Gasteiger partial charge is 0.245 e. The monoisotopic (exact) mass is 361 g/mol. The standard InChI is InChI=1S/C21H23N5O/c1-27-19-10-8-17(9-11-19)20-16-22-24-21(23-20)26-13-5-12-25(14-15-26)18-6-3-2-4-7-18/h2-4,6-11,16H,5,12-15H2,1H3. The van der Waals surface area contributed by atoms with Crippen molar-refractivity contribution >= 4 is 11.6 Å². The Bertz CT molecular complexity index is 869. The van der Waals surface area contributed by atoms with Crippen molar-refractivity contribution in [3.8, 4) is 17.0 Å². The summed E-state index contributed by atoms with van der Waals surface area (Å²) in [5, 5.41) is 8.47. The fourth-order valence-electron chi connectivity index (χ4n) is 3.34. The minimum Gasteiger partial charge on any atom is -0.497 e. The molecule has 1 fully saturated rings. The van der Waals surface area contributed by atoms with Crippen LogP contribution in [-0.4, -0.2) is 48.5 Å². The molecule has 0 amide bonds. The van der Waals surface area contributed by atoms with Gasteiger partial charge in [0.2, 0.25) is 5.95 Å². The van der Waals surface area contributed by atoms with Gasteiger partial charge in [0.15, 0.2) is 0 Å². The Kier molecular flexibility index (Phi) is 5.14. The lowest BCUT2D eigenvalue weighted by atomic mass is 10.1. The molecule has 0 atom stereocenters. The van der Waals surface area contributed by atoms with Crippen molar-refractivity contribution in [3.05, 3.63) is 60.8 Å². The summed E-state index contributed by atoms with van der Waals surface area (Å²) < 4.78 is 5.22. The molecule has 0 bridgehead atoms. The maximum Gasteiger partial charge on any atom is 0.245 e. The first kappa shape index (κ1) is 17.3. The SMILES string of the molecule is COc1ccc(-c2cnnc(N3CCCN(c4ccccc4)CC3)n2)cc1. The number of hydrogen-bond donors (Lipinski definition) is 0. The lowest BCUT2D eigenvalue weighted by Gasteiger charge is -2.23. The van der Waals surface area contributed by atoms with E-state index in [0.29, 0.717) is 5.95 Å². The molecule has 0 N–H and O–H groups in total. The van der Waals surface area contributed by atoms with Crippen molar-refractivity contribution in [1.29, 1.82) is 0 Å². The van der Waals surface area contributed by atoms with Crippen molar-refractivity contribution in [2.45, 2.75) is 6.42 Å². The van der Waals surface area contributed by atoms with Crippen LogP contribution in [0.25, 0.3) is 11.3 Å². The van der Waals surface area contributed by atoms with E-state index in [-0.39, 0.29) is 0 Å². The van der Waals surface area contributed by atoms with Crippen LogP contribution in [0.4, 0.5) is 11.6 Å². The number of ether oxygens (including phenoxy) is 1. The predicted molar refractivity (Wildman–Crippen MR) is 107 cm³/mol. The molecule has 2 aromatic carbocycles. The molecule has 2 heterocycles. The Morgan fingerprint density at radius 3 is 2.37 bits per heavy atom. The maximum absolute atomic E-state index is 5.22. The molecule has 0 saturated carbocycles. The van der Waals surface area contributed by atoms with Gasteiger partial charge in [-0.25, -0.2) is 4.98 Å². The highest BCUT2D eigenvalue weighted by Crippen LogP contribution is 2.22. The maximum atomic E-state index is 5.22. The van der Waals surface area contributed by atoms with Crippen LogP contribution in [0, 0.1) is 0 Å². The Balaban J connectivity index is 1.50. The number of benzene rings is 2. The van der Waals surface area contributed by atoms with E-state index in [4.69, 9.17) is 9.72 Å². The van der Waals surface area contributed by atoms with E-state index in [9.17, 15) is 0 Å². The normalized spacial score (nSPS) is 14.7. The Morgan fingerprint density at radius 2 is 1.59 bits per heavy atom. The summed E-state index contributed by atoms with van der Waals surface area (Å²) in [4.78, 5) is 9.40. The first-order valence-electron chi connectivity index (χ1n) is 9.22. The zero-order chi connectivity index (χ0) is 18.5. The van der Waals surface area contributed by atoms with Crippen LogP contribution in [0.3, 0.4) is 0 Å². The van der Waals surface area contributed by atoms with Gasteiger partial charge < -0.3 is 14.5 Å². The quantitative estimate of drug-likeness (QED) is 0.711. The first-order chi connectivity index (χ1) is 13.3. The topological polar surface area (TPSA) is 54.4 Å². The Hall–Kier alpha value is -3.15. The van der Waals surface area contributed by atoms with E-state index >= 15 is 0 Å². The van der Waals surface area contributed by atoms with Gasteiger partial charge in [-0.1, -0.05) is 18.2 Å². The molecule has 3 aromatic rings. The van der Waals surface area contributed by atoms with Gasteiger partial charge in [-0.05, 0) is 42.8 Å². The summed E-state index contributed by atoms with van der Waals surface area (Å²) in [5.41, 5.74) is 3.10. The molecule has 1 aliphatic rings. The number of methoxy groups -OCH3 is 1. The van der Waals surface area contributed by atoms with Gasteiger partial charge in [0.05, 0.1) is 19.0 Å². The molecular formula is C21H23N5O. The molecule has 1 aliphatic heterocycles. The number of anilines is 2. The molecule has 4 rings (SSSR count). The molecule has 1 aromatic heterocycles. The highest BCUT2D eigenvalue weighted by Gasteiger charge is 2.18. The second kappa shape index (κ2) is 8.03. The molecule has 0 unspecified atom stereocenters. The largest absolute Gasteiger partial charge is 0.497 e. The predicted octanol–water partition coefficient (Wildman–Crippen LogP) is 3.26. The Labute approximate surface area is 159 Å². The van der Waals surface area contributed by atoms with Gasteiger partial charge in [0.1, 0.15) is 5.75 Å². The lowest BCUT2D eigenvalue weighted by molar-refractivity contribution is 0.415. The highest BCUT2D eigenvalue weighted by atomic mass is 16.5. The summed E-state index contributed by atoms with van der Waals surface area (Å²) in [6.45, 7) is 3.78. The molecule has 27 heavy (non-hydrogen) atoms. The summed E-state index contributed by atoms with van der Waals surface area (Å²) in [6.07, 6.45) is 2.77. The first-order valence-corrected chi connectivity index (χ1v) is 9.22. The number of hydrogen-bond acceptors (Lipinski definition) is 6. The molecule has 1 saturated heterocycles. The van der Waals surface area contributed by atoms with E-state index in [0.717, 1.165) is 49.6 Å². The van der Waals surface area contributed by atoms with Crippen LogP contribution in [0.1, 0.15) is 6.42 Å². The lowest BCUT2D eigenvalue weighted by Crippen LogP contribution is -2.31. The van der Waals surface area contributed by atoms with Crippen LogP contribution < -0.4 is 14.5 Å². The minimum atomic E-state index is 0.693. The third-order valence-corrected chi connectivity index (χ3v) is 4.83. The number of rotatable bonds is 4. The van der Waals surface area contributed by atoms with E-state index < -0.39 is 0 Å². The van der Waals surface area contributed by atoms with Crippen molar-refractivity contribution in [3.63, 3.8) is 0 Å². The third-order valence-electron chi connectivity index (χ3n) is 4.83. The minimum absolute atomic E-state index is 0.693. The van der Waals surface area contributed by atoms with Gasteiger partial charge in [0.25, 0.3) is 0 Å². The van der Waals surface area contributed by atoms with Crippen LogP contribution >= 0.6 is 0 Å². The molecule has 0 aliphatic carbocycles. The highest BCUT2D eigenvalue weighted by molar-refractivity contribution is 5.60. The molecule has 6 heteroatoms. The average molecular weight is 361 g/mol. The van der Waals surface area contributed by atoms with Crippen molar-refractivity contribution in [2.75, 3.05) is 43.1 Å². The fourth-order valence-corrected chi connectivity index (χ4v) is 3.34. The van der Waals surface area contributed by atoms with Gasteiger partial charge >= 0.3 is 0 Å². The van der Waals surface area contributed by atoms with Gasteiger partial charge in [-0.3, -0.25) is 0 Å². The van der Waals surface area contributed by atoms with Gasteiger partial charge in [-0.15, -0.1) is 5.10 Å². The van der Waals surface area contributed by atoms with Crippen LogP contribution in [0.2, 0.25) is 0 Å². The second-order valence-corrected chi connectivity index (χ2v) is 6.53. The van der Waals surface area contributed by atoms with E-state index in [1.807, 2.05) is 24.3 Å². The van der Waals surface area contributed by atoms with E-state index in [2.05, 4.69) is 50.3 Å². The van der Waals surface area contributed by atoms with Crippen molar-refractivity contribution in [1.82, 2.24) is 15.2 Å². The zero-order valence-corrected chi connectivity index (χ0v) is 15.5. The summed E-state index contributed by atoms with van der Waals surface area (Å²) >= 11 is 0. The van der Waals surface area contributed by atoms with Crippen LogP contribution in [0.15, 0.2) is 60.8 Å². The van der Waals surface area contributed by atoms with Crippen LogP contribution in [0.5, 0.6) is 5.75 Å². The summed E-state index contributed by atoms with van der Waals surface area (Å²) in [7, 11) is 1.66. The molecule has 0 spiro atoms. The number of aromatic nitrogens is 3. The number of para-hydroxylation sites is 1. The van der Waals surface area contributed by atoms with E-state index in [1.54, 1.807) is 13.3 Å². The Morgan fingerprint density at radius 1 is 0.852 bits per heavy atom. The van der Waals surface area contributed by atoms with Crippen LogP contribution in [-0.2, 0) is 0 Å². The second-order valence-electron chi connectivity index (χ2n) is 6.53. The van der Waals surface area contributed by atoms with Gasteiger partial charge in [0, 0.05) is 37.4 Å².